The van der Waals surface area contributed by atoms with Gasteiger partial charge in [0.15, 0.2) is 0 Å². The third kappa shape index (κ3) is 8.73. The lowest BCUT2D eigenvalue weighted by molar-refractivity contribution is 0.0731. The van der Waals surface area contributed by atoms with Crippen LogP contribution in [0, 0.1) is 23.7 Å². The van der Waals surface area contributed by atoms with Crippen molar-refractivity contribution in [1.29, 1.82) is 0 Å². The highest BCUT2D eigenvalue weighted by Crippen LogP contribution is 2.36. The van der Waals surface area contributed by atoms with Gasteiger partial charge in [0.25, 0.3) is 0 Å². The minimum absolute atomic E-state index is 0.715. The molecule has 25 heavy (non-hydrogen) atoms. The zero-order valence-electron chi connectivity index (χ0n) is 16.7. The van der Waals surface area contributed by atoms with Gasteiger partial charge >= 0.3 is 0 Å². The second kappa shape index (κ2) is 12.9. The van der Waals surface area contributed by atoms with Crippen molar-refractivity contribution in [3.05, 3.63) is 12.7 Å². The molecular weight excluding hydrogens is 308 g/mol. The molecule has 0 aromatic carbocycles. The summed E-state index contributed by atoms with van der Waals surface area (Å²) in [4.78, 5) is 0. The first kappa shape index (κ1) is 21.0. The summed E-state index contributed by atoms with van der Waals surface area (Å²) in [7, 11) is 0. The third-order valence-electron chi connectivity index (χ3n) is 6.50. The van der Waals surface area contributed by atoms with Gasteiger partial charge < -0.3 is 9.47 Å². The van der Waals surface area contributed by atoms with Crippen molar-refractivity contribution in [2.75, 3.05) is 26.4 Å². The Morgan fingerprint density at radius 3 is 1.72 bits per heavy atom. The van der Waals surface area contributed by atoms with E-state index in [1.54, 1.807) is 0 Å². The van der Waals surface area contributed by atoms with Crippen LogP contribution in [0.25, 0.3) is 0 Å². The number of hydrogen-bond donors (Lipinski definition) is 0. The van der Waals surface area contributed by atoms with E-state index in [1.165, 1.54) is 77.0 Å². The SMILES string of the molecule is C=CCOCC1CCC(CC[C@H]2CC[C@H](COCCCC)CC2)CC1. The van der Waals surface area contributed by atoms with E-state index >= 15 is 0 Å². The number of hydrogen-bond acceptors (Lipinski definition) is 2. The molecule has 0 heterocycles. The molecule has 0 unspecified atom stereocenters. The maximum absolute atomic E-state index is 5.83. The Bertz CT molecular complexity index is 325. The average molecular weight is 351 g/mol. The molecule has 0 amide bonds. The molecule has 0 aliphatic heterocycles. The van der Waals surface area contributed by atoms with Crippen molar-refractivity contribution in [3.8, 4) is 0 Å². The zero-order chi connectivity index (χ0) is 17.7. The average Bonchev–Trinajstić information content (AvgIpc) is 2.66. The van der Waals surface area contributed by atoms with E-state index < -0.39 is 0 Å². The molecule has 0 aromatic rings. The van der Waals surface area contributed by atoms with E-state index in [2.05, 4.69) is 13.5 Å². The van der Waals surface area contributed by atoms with Gasteiger partial charge in [0.05, 0.1) is 6.61 Å². The lowest BCUT2D eigenvalue weighted by atomic mass is 9.76. The van der Waals surface area contributed by atoms with E-state index in [-0.39, 0.29) is 0 Å². The highest BCUT2D eigenvalue weighted by atomic mass is 16.5. The van der Waals surface area contributed by atoms with Crippen LogP contribution < -0.4 is 0 Å². The lowest BCUT2D eigenvalue weighted by Crippen LogP contribution is -2.21. The minimum atomic E-state index is 0.715. The van der Waals surface area contributed by atoms with Crippen LogP contribution in [0.3, 0.4) is 0 Å². The molecule has 0 atom stereocenters. The largest absolute Gasteiger partial charge is 0.381 e. The van der Waals surface area contributed by atoms with Crippen molar-refractivity contribution in [2.24, 2.45) is 23.7 Å². The summed E-state index contributed by atoms with van der Waals surface area (Å²) in [5, 5.41) is 0. The fraction of sp³-hybridized carbons (Fsp3) is 0.913. The predicted molar refractivity (Wildman–Crippen MR) is 107 cm³/mol. The smallest absolute Gasteiger partial charge is 0.0644 e. The molecule has 0 saturated heterocycles. The van der Waals surface area contributed by atoms with Gasteiger partial charge in [0.1, 0.15) is 0 Å². The monoisotopic (exact) mass is 350 g/mol. The predicted octanol–water partition coefficient (Wildman–Crippen LogP) is 6.40. The van der Waals surface area contributed by atoms with Crippen LogP contribution in [0.2, 0.25) is 0 Å². The van der Waals surface area contributed by atoms with E-state index in [0.717, 1.165) is 43.5 Å². The molecule has 0 spiro atoms. The van der Waals surface area contributed by atoms with Crippen LogP contribution in [-0.4, -0.2) is 26.4 Å². The standard InChI is InChI=1S/C23H42O2/c1-3-5-17-25-19-23-14-10-21(11-15-23)7-6-20-8-12-22(13-9-20)18-24-16-4-2/h4,20-23H,2-3,5-19H2,1H3/t20?,21-,22?,23-. The molecule has 2 saturated carbocycles. The van der Waals surface area contributed by atoms with Gasteiger partial charge in [-0.15, -0.1) is 6.58 Å². The second-order valence-electron chi connectivity index (χ2n) is 8.61. The molecule has 2 nitrogen and oxygen atoms in total. The molecule has 0 N–H and O–H groups in total. The summed E-state index contributed by atoms with van der Waals surface area (Å²) < 4.78 is 11.5. The minimum Gasteiger partial charge on any atom is -0.381 e. The summed E-state index contributed by atoms with van der Waals surface area (Å²) in [6.07, 6.45) is 18.6. The van der Waals surface area contributed by atoms with Crippen LogP contribution in [0.5, 0.6) is 0 Å². The molecule has 0 aromatic heterocycles. The highest BCUT2D eigenvalue weighted by Gasteiger charge is 2.24. The zero-order valence-corrected chi connectivity index (χ0v) is 16.7. The Kier molecular flexibility index (Phi) is 10.8. The second-order valence-corrected chi connectivity index (χ2v) is 8.61. The number of ether oxygens (including phenoxy) is 2. The van der Waals surface area contributed by atoms with Crippen LogP contribution in [-0.2, 0) is 9.47 Å². The maximum atomic E-state index is 5.83. The van der Waals surface area contributed by atoms with Crippen LogP contribution in [0.4, 0.5) is 0 Å². The van der Waals surface area contributed by atoms with Crippen LogP contribution in [0.1, 0.15) is 84.0 Å². The topological polar surface area (TPSA) is 18.5 Å². The molecule has 0 radical (unpaired) electrons. The normalized spacial score (nSPS) is 30.3. The van der Waals surface area contributed by atoms with Crippen molar-refractivity contribution in [1.82, 2.24) is 0 Å². The van der Waals surface area contributed by atoms with Crippen LogP contribution in [0.15, 0.2) is 12.7 Å². The fourth-order valence-electron chi connectivity index (χ4n) is 4.66. The Morgan fingerprint density at radius 1 is 0.760 bits per heavy atom. The summed E-state index contributed by atoms with van der Waals surface area (Å²) >= 11 is 0. The third-order valence-corrected chi connectivity index (χ3v) is 6.50. The number of unbranched alkanes of at least 4 members (excludes halogenated alkanes) is 1. The summed E-state index contributed by atoms with van der Waals surface area (Å²) in [5.74, 6) is 3.64. The van der Waals surface area contributed by atoms with Gasteiger partial charge in [-0.3, -0.25) is 0 Å². The van der Waals surface area contributed by atoms with Gasteiger partial charge in [0, 0.05) is 19.8 Å². The molecule has 2 aliphatic carbocycles. The van der Waals surface area contributed by atoms with Gasteiger partial charge in [-0.1, -0.05) is 57.9 Å². The summed E-state index contributed by atoms with van der Waals surface area (Å²) in [6.45, 7) is 9.60. The lowest BCUT2D eigenvalue weighted by Gasteiger charge is -2.32. The molecule has 146 valence electrons. The Hall–Kier alpha value is -0.340. The molecule has 2 aliphatic rings. The Balaban J connectivity index is 1.48. The van der Waals surface area contributed by atoms with Gasteiger partial charge in [-0.25, -0.2) is 0 Å². The first-order valence-electron chi connectivity index (χ1n) is 11.1. The fourth-order valence-corrected chi connectivity index (χ4v) is 4.66. The molecular formula is C23H42O2. The van der Waals surface area contributed by atoms with Gasteiger partial charge in [0.2, 0.25) is 0 Å². The van der Waals surface area contributed by atoms with E-state index in [1.807, 2.05) is 6.08 Å². The van der Waals surface area contributed by atoms with E-state index in [4.69, 9.17) is 9.47 Å². The quantitative estimate of drug-likeness (QED) is 0.299. The first-order chi connectivity index (χ1) is 12.3. The molecule has 2 fully saturated rings. The van der Waals surface area contributed by atoms with Crippen molar-refractivity contribution in [3.63, 3.8) is 0 Å². The van der Waals surface area contributed by atoms with E-state index in [0.29, 0.717) is 6.61 Å². The van der Waals surface area contributed by atoms with Crippen LogP contribution >= 0.6 is 0 Å². The van der Waals surface area contributed by atoms with Crippen molar-refractivity contribution >= 4 is 0 Å². The molecule has 2 rings (SSSR count). The van der Waals surface area contributed by atoms with Crippen molar-refractivity contribution < 1.29 is 9.47 Å². The summed E-state index contributed by atoms with van der Waals surface area (Å²) in [6, 6.07) is 0. The molecule has 0 bridgehead atoms. The van der Waals surface area contributed by atoms with E-state index in [9.17, 15) is 0 Å². The van der Waals surface area contributed by atoms with Gasteiger partial charge in [-0.2, -0.15) is 0 Å². The van der Waals surface area contributed by atoms with Gasteiger partial charge in [-0.05, 0) is 55.8 Å². The van der Waals surface area contributed by atoms with Crippen molar-refractivity contribution in [2.45, 2.75) is 84.0 Å². The maximum Gasteiger partial charge on any atom is 0.0644 e. The summed E-state index contributed by atoms with van der Waals surface area (Å²) in [5.41, 5.74) is 0. The highest BCUT2D eigenvalue weighted by molar-refractivity contribution is 4.77. The first-order valence-corrected chi connectivity index (χ1v) is 11.1. The molecule has 2 heteroatoms. The number of rotatable bonds is 12. The Morgan fingerprint density at radius 2 is 1.24 bits per heavy atom. The Labute approximate surface area is 156 Å².